The van der Waals surface area contributed by atoms with Crippen molar-refractivity contribution < 1.29 is 19.1 Å². The molecule has 0 spiro atoms. The number of anilines is 1. The molecule has 8 nitrogen and oxygen atoms in total. The summed E-state index contributed by atoms with van der Waals surface area (Å²) in [5.41, 5.74) is 1.59. The number of hydrogen-bond donors (Lipinski definition) is 1. The summed E-state index contributed by atoms with van der Waals surface area (Å²) in [6.45, 7) is 5.04. The van der Waals surface area contributed by atoms with Crippen molar-refractivity contribution in [3.05, 3.63) is 52.7 Å². The number of esters is 1. The highest BCUT2D eigenvalue weighted by Crippen LogP contribution is 2.25. The van der Waals surface area contributed by atoms with Crippen LogP contribution in [0, 0.1) is 0 Å². The first kappa shape index (κ1) is 22.8. The van der Waals surface area contributed by atoms with Gasteiger partial charge >= 0.3 is 5.97 Å². The minimum absolute atomic E-state index is 0.135. The highest BCUT2D eigenvalue weighted by molar-refractivity contribution is 7.99. The molecule has 3 aromatic rings. The highest BCUT2D eigenvalue weighted by atomic mass is 32.2. The standard InChI is InChI=1S/C21H24N4O4S2/c1-4-14-6-8-15(9-7-14)29-12-17-23-24-21(25(17)5-2)31-13-18(26)22-19-16(10-11-30-19)20(27)28-3/h6-11H,4-5,12-13H2,1-3H3,(H,22,26). The number of thiophene rings is 1. The van der Waals surface area contributed by atoms with Gasteiger partial charge in [-0.1, -0.05) is 30.8 Å². The Morgan fingerprint density at radius 3 is 2.61 bits per heavy atom. The van der Waals surface area contributed by atoms with Gasteiger partial charge in [-0.15, -0.1) is 21.5 Å². The summed E-state index contributed by atoms with van der Waals surface area (Å²) in [4.78, 5) is 24.1. The number of benzene rings is 1. The van der Waals surface area contributed by atoms with Crippen LogP contribution in [-0.2, 0) is 29.1 Å². The van der Waals surface area contributed by atoms with Crippen molar-refractivity contribution in [2.24, 2.45) is 0 Å². The number of nitrogens with zero attached hydrogens (tertiary/aromatic N) is 3. The predicted octanol–water partition coefficient (Wildman–Crippen LogP) is 4.02. The van der Waals surface area contributed by atoms with Crippen molar-refractivity contribution in [1.82, 2.24) is 14.8 Å². The van der Waals surface area contributed by atoms with Crippen LogP contribution >= 0.6 is 23.1 Å². The summed E-state index contributed by atoms with van der Waals surface area (Å²) in [7, 11) is 1.31. The number of rotatable bonds is 10. The zero-order chi connectivity index (χ0) is 22.2. The average molecular weight is 461 g/mol. The maximum absolute atomic E-state index is 12.4. The predicted molar refractivity (Wildman–Crippen MR) is 121 cm³/mol. The second-order valence-electron chi connectivity index (χ2n) is 6.42. The number of nitrogens with one attached hydrogen (secondary N) is 1. The number of thioether (sulfide) groups is 1. The van der Waals surface area contributed by atoms with E-state index in [1.54, 1.807) is 11.4 Å². The molecule has 0 fully saturated rings. The number of carbonyl (C=O) groups is 2. The first-order chi connectivity index (χ1) is 15.0. The Morgan fingerprint density at radius 2 is 1.94 bits per heavy atom. The fraction of sp³-hybridized carbons (Fsp3) is 0.333. The van der Waals surface area contributed by atoms with Crippen LogP contribution in [0.2, 0.25) is 0 Å². The normalized spacial score (nSPS) is 10.7. The van der Waals surface area contributed by atoms with Crippen LogP contribution in [-0.4, -0.2) is 39.5 Å². The van der Waals surface area contributed by atoms with Crippen LogP contribution < -0.4 is 10.1 Å². The van der Waals surface area contributed by atoms with Crippen LogP contribution in [0.3, 0.4) is 0 Å². The third kappa shape index (κ3) is 5.86. The van der Waals surface area contributed by atoms with Crippen molar-refractivity contribution in [3.8, 4) is 5.75 Å². The Hall–Kier alpha value is -2.85. The van der Waals surface area contributed by atoms with Crippen LogP contribution in [0.5, 0.6) is 5.75 Å². The maximum Gasteiger partial charge on any atom is 0.340 e. The van der Waals surface area contributed by atoms with Gasteiger partial charge in [-0.2, -0.15) is 0 Å². The summed E-state index contributed by atoms with van der Waals surface area (Å²) in [6, 6.07) is 9.59. The average Bonchev–Trinajstić information content (AvgIpc) is 3.42. The molecule has 31 heavy (non-hydrogen) atoms. The fourth-order valence-electron chi connectivity index (χ4n) is 2.79. The molecular weight excluding hydrogens is 436 g/mol. The highest BCUT2D eigenvalue weighted by Gasteiger charge is 2.17. The third-order valence-electron chi connectivity index (χ3n) is 4.47. The van der Waals surface area contributed by atoms with Crippen LogP contribution in [0.4, 0.5) is 5.00 Å². The van der Waals surface area contributed by atoms with Gasteiger partial charge in [-0.05, 0) is 42.5 Å². The second-order valence-corrected chi connectivity index (χ2v) is 8.28. The molecule has 0 atom stereocenters. The van der Waals surface area contributed by atoms with Gasteiger partial charge in [0.25, 0.3) is 0 Å². The molecular formula is C21H24N4O4S2. The van der Waals surface area contributed by atoms with Crippen molar-refractivity contribution in [1.29, 1.82) is 0 Å². The Balaban J connectivity index is 1.57. The van der Waals surface area contributed by atoms with E-state index < -0.39 is 5.97 Å². The molecule has 1 N–H and O–H groups in total. The van der Waals surface area contributed by atoms with Crippen molar-refractivity contribution in [3.63, 3.8) is 0 Å². The maximum atomic E-state index is 12.4. The molecule has 1 aromatic carbocycles. The minimum atomic E-state index is -0.482. The zero-order valence-corrected chi connectivity index (χ0v) is 19.2. The Kier molecular flexibility index (Phi) is 8.07. The molecule has 0 aliphatic heterocycles. The SMILES string of the molecule is CCc1ccc(OCc2nnc(SCC(=O)Nc3sccc3C(=O)OC)n2CC)cc1. The number of amides is 1. The van der Waals surface area contributed by atoms with E-state index in [0.717, 1.165) is 12.2 Å². The molecule has 0 saturated heterocycles. The van der Waals surface area contributed by atoms with E-state index in [9.17, 15) is 9.59 Å². The number of ether oxygens (including phenoxy) is 2. The van der Waals surface area contributed by atoms with Crippen LogP contribution in [0.1, 0.15) is 35.6 Å². The van der Waals surface area contributed by atoms with Crippen molar-refractivity contribution >= 4 is 40.0 Å². The molecule has 1 amide bonds. The molecule has 0 unspecified atom stereocenters. The lowest BCUT2D eigenvalue weighted by atomic mass is 10.2. The summed E-state index contributed by atoms with van der Waals surface area (Å²) < 4.78 is 12.5. The van der Waals surface area contributed by atoms with E-state index in [0.29, 0.717) is 28.1 Å². The fourth-order valence-corrected chi connectivity index (χ4v) is 4.40. The summed E-state index contributed by atoms with van der Waals surface area (Å²) in [5, 5.41) is 14.0. The molecule has 0 bridgehead atoms. The Morgan fingerprint density at radius 1 is 1.16 bits per heavy atom. The number of methoxy groups -OCH3 is 1. The number of aryl methyl sites for hydroxylation is 1. The summed E-state index contributed by atoms with van der Waals surface area (Å²) >= 11 is 2.55. The Labute approximate surface area is 189 Å². The van der Waals surface area contributed by atoms with E-state index in [2.05, 4.69) is 22.4 Å². The number of carbonyl (C=O) groups excluding carboxylic acids is 2. The lowest BCUT2D eigenvalue weighted by Crippen LogP contribution is -2.16. The van der Waals surface area contributed by atoms with E-state index in [4.69, 9.17) is 9.47 Å². The lowest BCUT2D eigenvalue weighted by molar-refractivity contribution is -0.113. The minimum Gasteiger partial charge on any atom is -0.486 e. The largest absolute Gasteiger partial charge is 0.486 e. The second kappa shape index (κ2) is 11.0. The van der Waals surface area contributed by atoms with Crippen LogP contribution in [0.15, 0.2) is 40.9 Å². The molecule has 0 aliphatic rings. The first-order valence-electron chi connectivity index (χ1n) is 9.77. The summed E-state index contributed by atoms with van der Waals surface area (Å²) in [5.74, 6) is 0.877. The zero-order valence-electron chi connectivity index (χ0n) is 17.6. The van der Waals surface area contributed by atoms with Gasteiger partial charge in [0.2, 0.25) is 5.91 Å². The quantitative estimate of drug-likeness (QED) is 0.361. The van der Waals surface area contributed by atoms with Gasteiger partial charge < -0.3 is 19.4 Å². The molecule has 2 aromatic heterocycles. The van der Waals surface area contributed by atoms with Gasteiger partial charge in [0.1, 0.15) is 17.4 Å². The van der Waals surface area contributed by atoms with Crippen molar-refractivity contribution in [2.45, 2.75) is 38.6 Å². The van der Waals surface area contributed by atoms with Crippen molar-refractivity contribution in [2.75, 3.05) is 18.2 Å². The monoisotopic (exact) mass is 460 g/mol. The summed E-state index contributed by atoms with van der Waals surface area (Å²) in [6.07, 6.45) is 0.981. The van der Waals surface area contributed by atoms with Gasteiger partial charge in [0.15, 0.2) is 11.0 Å². The van der Waals surface area contributed by atoms with E-state index in [1.807, 2.05) is 35.8 Å². The van der Waals surface area contributed by atoms with E-state index in [-0.39, 0.29) is 18.3 Å². The lowest BCUT2D eigenvalue weighted by Gasteiger charge is -2.09. The van der Waals surface area contributed by atoms with E-state index in [1.165, 1.54) is 35.8 Å². The molecule has 0 saturated carbocycles. The molecule has 2 heterocycles. The smallest absolute Gasteiger partial charge is 0.340 e. The van der Waals surface area contributed by atoms with Gasteiger partial charge in [-0.25, -0.2) is 4.79 Å². The number of aromatic nitrogens is 3. The Bertz CT molecular complexity index is 1030. The van der Waals surface area contributed by atoms with Crippen LogP contribution in [0.25, 0.3) is 0 Å². The first-order valence-corrected chi connectivity index (χ1v) is 11.6. The van der Waals surface area contributed by atoms with E-state index >= 15 is 0 Å². The van der Waals surface area contributed by atoms with Gasteiger partial charge in [0.05, 0.1) is 18.4 Å². The van der Waals surface area contributed by atoms with Gasteiger partial charge in [0, 0.05) is 6.54 Å². The number of hydrogen-bond acceptors (Lipinski definition) is 8. The van der Waals surface area contributed by atoms with Gasteiger partial charge in [-0.3, -0.25) is 4.79 Å². The molecule has 0 aliphatic carbocycles. The third-order valence-corrected chi connectivity index (χ3v) is 6.26. The molecule has 164 valence electrons. The molecule has 3 rings (SSSR count). The topological polar surface area (TPSA) is 95.3 Å². The molecule has 10 heteroatoms. The molecule has 0 radical (unpaired) electrons.